The zero-order valence-corrected chi connectivity index (χ0v) is 8.54. The molecule has 0 aromatic rings. The molecule has 0 aromatic heterocycles. The van der Waals surface area contributed by atoms with Gasteiger partial charge in [-0.25, -0.2) is 4.79 Å². The monoisotopic (exact) mass is 186 g/mol. The standard InChI is InChI=1S/C9H18N2O2/c1-7(2)13-8(3)6-11-5-4-10-9(11)12/h7-8H,4-6H2,1-3H3,(H,10,12). The fourth-order valence-electron chi connectivity index (χ4n) is 1.50. The molecular weight excluding hydrogens is 168 g/mol. The van der Waals surface area contributed by atoms with Crippen LogP contribution in [0, 0.1) is 0 Å². The average Bonchev–Trinajstić information content (AvgIpc) is 2.34. The molecule has 0 saturated carbocycles. The zero-order chi connectivity index (χ0) is 9.84. The van der Waals surface area contributed by atoms with Gasteiger partial charge in [0.2, 0.25) is 0 Å². The van der Waals surface area contributed by atoms with Crippen LogP contribution in [0.2, 0.25) is 0 Å². The first-order valence-corrected chi connectivity index (χ1v) is 4.78. The van der Waals surface area contributed by atoms with Gasteiger partial charge in [-0.05, 0) is 20.8 Å². The first-order valence-electron chi connectivity index (χ1n) is 4.78. The molecule has 76 valence electrons. The van der Waals surface area contributed by atoms with Crippen LogP contribution in [0.5, 0.6) is 0 Å². The predicted octanol–water partition coefficient (Wildman–Crippen LogP) is 0.825. The summed E-state index contributed by atoms with van der Waals surface area (Å²) < 4.78 is 5.54. The van der Waals surface area contributed by atoms with Crippen molar-refractivity contribution in [2.75, 3.05) is 19.6 Å². The Kier molecular flexibility index (Phi) is 3.54. The van der Waals surface area contributed by atoms with E-state index in [9.17, 15) is 4.79 Å². The van der Waals surface area contributed by atoms with Crippen molar-refractivity contribution in [2.24, 2.45) is 0 Å². The number of carbonyl (C=O) groups excluding carboxylic acids is 1. The minimum Gasteiger partial charge on any atom is -0.374 e. The molecule has 0 radical (unpaired) electrons. The fourth-order valence-corrected chi connectivity index (χ4v) is 1.50. The van der Waals surface area contributed by atoms with E-state index in [1.54, 1.807) is 4.90 Å². The maximum absolute atomic E-state index is 11.2. The Balaban J connectivity index is 2.27. The van der Waals surface area contributed by atoms with Crippen LogP contribution >= 0.6 is 0 Å². The molecule has 1 atom stereocenters. The Morgan fingerprint density at radius 3 is 2.69 bits per heavy atom. The van der Waals surface area contributed by atoms with Crippen LogP contribution in [0.4, 0.5) is 4.79 Å². The second-order valence-electron chi connectivity index (χ2n) is 3.67. The molecule has 0 aliphatic carbocycles. The number of rotatable bonds is 4. The highest BCUT2D eigenvalue weighted by Gasteiger charge is 2.21. The number of nitrogens with one attached hydrogen (secondary N) is 1. The molecule has 1 saturated heterocycles. The van der Waals surface area contributed by atoms with Crippen molar-refractivity contribution in [3.05, 3.63) is 0 Å². The van der Waals surface area contributed by atoms with E-state index in [2.05, 4.69) is 5.32 Å². The van der Waals surface area contributed by atoms with E-state index >= 15 is 0 Å². The number of urea groups is 1. The van der Waals surface area contributed by atoms with Crippen molar-refractivity contribution in [2.45, 2.75) is 33.0 Å². The van der Waals surface area contributed by atoms with Gasteiger partial charge in [0.15, 0.2) is 0 Å². The molecule has 1 heterocycles. The van der Waals surface area contributed by atoms with E-state index in [0.29, 0.717) is 6.54 Å². The molecule has 0 bridgehead atoms. The molecule has 0 aromatic carbocycles. The minimum atomic E-state index is 0.0270. The lowest BCUT2D eigenvalue weighted by Crippen LogP contribution is -2.36. The Labute approximate surface area is 79.2 Å². The lowest BCUT2D eigenvalue weighted by atomic mass is 10.3. The van der Waals surface area contributed by atoms with Gasteiger partial charge in [-0.1, -0.05) is 0 Å². The van der Waals surface area contributed by atoms with Gasteiger partial charge >= 0.3 is 6.03 Å². The van der Waals surface area contributed by atoms with Gasteiger partial charge in [0.05, 0.1) is 12.2 Å². The predicted molar refractivity (Wildman–Crippen MR) is 50.7 cm³/mol. The highest BCUT2D eigenvalue weighted by Crippen LogP contribution is 2.03. The van der Waals surface area contributed by atoms with E-state index in [1.807, 2.05) is 20.8 Å². The Morgan fingerprint density at radius 2 is 2.23 bits per heavy atom. The molecule has 0 spiro atoms. The van der Waals surface area contributed by atoms with Crippen molar-refractivity contribution in [3.63, 3.8) is 0 Å². The van der Waals surface area contributed by atoms with Gasteiger partial charge in [0.25, 0.3) is 0 Å². The molecular formula is C9H18N2O2. The van der Waals surface area contributed by atoms with Crippen molar-refractivity contribution < 1.29 is 9.53 Å². The normalized spacial score (nSPS) is 19.4. The van der Waals surface area contributed by atoms with Gasteiger partial charge in [-0.3, -0.25) is 0 Å². The third kappa shape index (κ3) is 3.22. The van der Waals surface area contributed by atoms with Crippen LogP contribution in [-0.2, 0) is 4.74 Å². The van der Waals surface area contributed by atoms with Gasteiger partial charge in [-0.15, -0.1) is 0 Å². The first-order chi connectivity index (χ1) is 6.09. The van der Waals surface area contributed by atoms with Crippen molar-refractivity contribution in [3.8, 4) is 0 Å². The zero-order valence-electron chi connectivity index (χ0n) is 8.54. The Morgan fingerprint density at radius 1 is 1.54 bits per heavy atom. The van der Waals surface area contributed by atoms with Crippen LogP contribution in [0.3, 0.4) is 0 Å². The number of hydrogen-bond acceptors (Lipinski definition) is 2. The van der Waals surface area contributed by atoms with Gasteiger partial charge in [0.1, 0.15) is 0 Å². The SMILES string of the molecule is CC(C)OC(C)CN1CCNC1=O. The minimum absolute atomic E-state index is 0.0270. The summed E-state index contributed by atoms with van der Waals surface area (Å²) in [6.45, 7) is 8.23. The highest BCUT2D eigenvalue weighted by atomic mass is 16.5. The maximum Gasteiger partial charge on any atom is 0.317 e. The van der Waals surface area contributed by atoms with Gasteiger partial charge in [0, 0.05) is 19.6 Å². The lowest BCUT2D eigenvalue weighted by molar-refractivity contribution is 0.00701. The molecule has 2 amide bonds. The summed E-state index contributed by atoms with van der Waals surface area (Å²) in [4.78, 5) is 12.9. The fraction of sp³-hybridized carbons (Fsp3) is 0.889. The van der Waals surface area contributed by atoms with Crippen LogP contribution in [-0.4, -0.2) is 42.8 Å². The maximum atomic E-state index is 11.2. The molecule has 1 N–H and O–H groups in total. The summed E-state index contributed by atoms with van der Waals surface area (Å²) in [5.41, 5.74) is 0. The molecule has 1 aliphatic rings. The van der Waals surface area contributed by atoms with E-state index in [1.165, 1.54) is 0 Å². The van der Waals surface area contributed by atoms with Crippen LogP contribution in [0.15, 0.2) is 0 Å². The second-order valence-corrected chi connectivity index (χ2v) is 3.67. The summed E-state index contributed by atoms with van der Waals surface area (Å²) in [6.07, 6.45) is 0.338. The largest absolute Gasteiger partial charge is 0.374 e. The third-order valence-corrected chi connectivity index (χ3v) is 1.93. The quantitative estimate of drug-likeness (QED) is 0.706. The lowest BCUT2D eigenvalue weighted by Gasteiger charge is -2.21. The van der Waals surface area contributed by atoms with Crippen molar-refractivity contribution in [1.82, 2.24) is 10.2 Å². The smallest absolute Gasteiger partial charge is 0.317 e. The van der Waals surface area contributed by atoms with Crippen molar-refractivity contribution in [1.29, 1.82) is 0 Å². The van der Waals surface area contributed by atoms with Crippen LogP contribution in [0.25, 0.3) is 0 Å². The van der Waals surface area contributed by atoms with Gasteiger partial charge < -0.3 is 15.0 Å². The van der Waals surface area contributed by atoms with Gasteiger partial charge in [-0.2, -0.15) is 0 Å². The number of ether oxygens (including phenoxy) is 1. The topological polar surface area (TPSA) is 41.6 Å². The summed E-state index contributed by atoms with van der Waals surface area (Å²) in [6, 6.07) is 0.0270. The number of carbonyl (C=O) groups is 1. The molecule has 4 nitrogen and oxygen atoms in total. The van der Waals surface area contributed by atoms with Crippen molar-refractivity contribution >= 4 is 6.03 Å². The molecule has 1 fully saturated rings. The molecule has 1 unspecified atom stereocenters. The molecule has 13 heavy (non-hydrogen) atoms. The number of nitrogens with zero attached hydrogens (tertiary/aromatic N) is 1. The van der Waals surface area contributed by atoms with E-state index in [4.69, 9.17) is 4.74 Å². The molecule has 1 aliphatic heterocycles. The summed E-state index contributed by atoms with van der Waals surface area (Å²) in [5, 5.41) is 2.76. The van der Waals surface area contributed by atoms with E-state index in [0.717, 1.165) is 13.1 Å². The van der Waals surface area contributed by atoms with E-state index in [-0.39, 0.29) is 18.2 Å². The Bertz CT molecular complexity index is 182. The summed E-state index contributed by atoms with van der Waals surface area (Å²) in [7, 11) is 0. The first kappa shape index (κ1) is 10.3. The molecule has 4 heteroatoms. The second kappa shape index (κ2) is 4.46. The average molecular weight is 186 g/mol. The number of amides is 2. The summed E-state index contributed by atoms with van der Waals surface area (Å²) >= 11 is 0. The Hall–Kier alpha value is -0.770. The number of hydrogen-bond donors (Lipinski definition) is 1. The third-order valence-electron chi connectivity index (χ3n) is 1.93. The highest BCUT2D eigenvalue weighted by molar-refractivity contribution is 5.76. The van der Waals surface area contributed by atoms with Crippen LogP contribution in [0.1, 0.15) is 20.8 Å². The molecule has 1 rings (SSSR count). The summed E-state index contributed by atoms with van der Waals surface area (Å²) in [5.74, 6) is 0. The van der Waals surface area contributed by atoms with Crippen LogP contribution < -0.4 is 5.32 Å². The van der Waals surface area contributed by atoms with E-state index < -0.39 is 0 Å².